The van der Waals surface area contributed by atoms with Gasteiger partial charge in [-0.15, -0.1) is 0 Å². The van der Waals surface area contributed by atoms with Crippen molar-refractivity contribution in [3.63, 3.8) is 0 Å². The second-order valence-corrected chi connectivity index (χ2v) is 5.76. The van der Waals surface area contributed by atoms with Crippen LogP contribution in [0.25, 0.3) is 0 Å². The first-order valence-corrected chi connectivity index (χ1v) is 7.42. The average molecular weight is 370 g/mol. The Balaban J connectivity index is 1.95. The molecule has 1 heterocycles. The van der Waals surface area contributed by atoms with Crippen LogP contribution in [-0.4, -0.2) is 36.7 Å². The van der Waals surface area contributed by atoms with Crippen LogP contribution in [0.15, 0.2) is 18.2 Å². The van der Waals surface area contributed by atoms with Gasteiger partial charge >= 0.3 is 12.4 Å². The second kappa shape index (κ2) is 7.01. The molecule has 1 aromatic rings. The number of carbonyl (C=O) groups excluding carboxylic acids is 1. The lowest BCUT2D eigenvalue weighted by Gasteiger charge is -2.33. The molecule has 2 rings (SSSR count). The molecule has 2 N–H and O–H groups in total. The fourth-order valence-corrected chi connectivity index (χ4v) is 2.60. The summed E-state index contributed by atoms with van der Waals surface area (Å²) in [5.41, 5.74) is 3.71. The van der Waals surface area contributed by atoms with Crippen molar-refractivity contribution < 1.29 is 35.9 Å². The van der Waals surface area contributed by atoms with E-state index < -0.39 is 48.6 Å². The number of piperidine rings is 1. The van der Waals surface area contributed by atoms with Gasteiger partial charge in [0.15, 0.2) is 6.61 Å². The van der Waals surface area contributed by atoms with Crippen LogP contribution in [0.4, 0.5) is 32.0 Å². The highest BCUT2D eigenvalue weighted by atomic mass is 19.4. The topological polar surface area (TPSA) is 55.6 Å². The molecule has 25 heavy (non-hydrogen) atoms. The third kappa shape index (κ3) is 4.93. The van der Waals surface area contributed by atoms with Crippen molar-refractivity contribution in [2.24, 2.45) is 5.92 Å². The summed E-state index contributed by atoms with van der Waals surface area (Å²) >= 11 is 0. The van der Waals surface area contributed by atoms with Crippen LogP contribution in [0.1, 0.15) is 18.4 Å². The molecular weight excluding hydrogens is 354 g/mol. The van der Waals surface area contributed by atoms with Crippen LogP contribution in [0, 0.1) is 5.92 Å². The Kier molecular flexibility index (Phi) is 5.38. The van der Waals surface area contributed by atoms with E-state index in [0.29, 0.717) is 0 Å². The van der Waals surface area contributed by atoms with Gasteiger partial charge < -0.3 is 15.4 Å². The van der Waals surface area contributed by atoms with Gasteiger partial charge in [0.25, 0.3) is 5.91 Å². The molecule has 0 radical (unpaired) electrons. The molecule has 140 valence electrons. The van der Waals surface area contributed by atoms with Crippen molar-refractivity contribution in [2.45, 2.75) is 25.2 Å². The highest BCUT2D eigenvalue weighted by Gasteiger charge is 2.42. The largest absolute Gasteiger partial charge is 0.484 e. The number of hydrogen-bond donors (Lipinski definition) is 1. The molecule has 4 nitrogen and oxygen atoms in total. The van der Waals surface area contributed by atoms with Crippen molar-refractivity contribution in [1.29, 1.82) is 0 Å². The summed E-state index contributed by atoms with van der Waals surface area (Å²) in [6, 6.07) is 2.64. The number of anilines is 1. The van der Waals surface area contributed by atoms with E-state index in [2.05, 4.69) is 0 Å². The van der Waals surface area contributed by atoms with Crippen molar-refractivity contribution >= 4 is 11.6 Å². The van der Waals surface area contributed by atoms with Gasteiger partial charge in [-0.2, -0.15) is 26.3 Å². The fourth-order valence-electron chi connectivity index (χ4n) is 2.60. The molecule has 1 amide bonds. The minimum atomic E-state index is -4.61. The van der Waals surface area contributed by atoms with Gasteiger partial charge in [0.2, 0.25) is 0 Å². The Morgan fingerprint density at radius 1 is 1.24 bits per heavy atom. The zero-order valence-corrected chi connectivity index (χ0v) is 13.0. The van der Waals surface area contributed by atoms with E-state index in [-0.39, 0.29) is 25.1 Å². The van der Waals surface area contributed by atoms with E-state index in [1.54, 1.807) is 0 Å². The first kappa shape index (κ1) is 19.2. The fraction of sp³-hybridized carbons (Fsp3) is 0.533. The van der Waals surface area contributed by atoms with Gasteiger partial charge in [0.05, 0.1) is 11.5 Å². The first-order valence-electron chi connectivity index (χ1n) is 7.42. The lowest BCUT2D eigenvalue weighted by atomic mass is 9.97. The van der Waals surface area contributed by atoms with Crippen molar-refractivity contribution in [3.05, 3.63) is 23.8 Å². The molecule has 0 spiro atoms. The third-order valence-corrected chi connectivity index (χ3v) is 3.93. The molecule has 1 aliphatic heterocycles. The molecule has 1 saturated heterocycles. The summed E-state index contributed by atoms with van der Waals surface area (Å²) < 4.78 is 81.1. The van der Waals surface area contributed by atoms with E-state index in [1.165, 1.54) is 0 Å². The molecule has 10 heteroatoms. The van der Waals surface area contributed by atoms with Gasteiger partial charge in [0, 0.05) is 24.8 Å². The summed E-state index contributed by atoms with van der Waals surface area (Å²) in [5, 5.41) is 0. The van der Waals surface area contributed by atoms with Crippen LogP contribution in [0.3, 0.4) is 0 Å². The minimum absolute atomic E-state index is 0.0381. The van der Waals surface area contributed by atoms with Crippen LogP contribution in [0.5, 0.6) is 5.75 Å². The molecule has 0 saturated carbocycles. The maximum atomic E-state index is 12.7. The Labute approximate surface area is 139 Å². The summed E-state index contributed by atoms with van der Waals surface area (Å²) in [7, 11) is 0. The molecular formula is C15H16F6N2O2. The Hall–Kier alpha value is -2.13. The normalized spacial score (nSPS) is 19.0. The van der Waals surface area contributed by atoms with Crippen LogP contribution in [0.2, 0.25) is 0 Å². The van der Waals surface area contributed by atoms with E-state index in [0.717, 1.165) is 23.1 Å². The average Bonchev–Trinajstić information content (AvgIpc) is 2.50. The first-order chi connectivity index (χ1) is 11.5. The second-order valence-electron chi connectivity index (χ2n) is 5.76. The summed E-state index contributed by atoms with van der Waals surface area (Å²) in [5.74, 6) is -2.30. The zero-order valence-electron chi connectivity index (χ0n) is 13.0. The number of halogens is 6. The predicted octanol–water partition coefficient (Wildman–Crippen LogP) is 3.47. The molecule has 0 bridgehead atoms. The van der Waals surface area contributed by atoms with Crippen molar-refractivity contribution in [2.75, 3.05) is 25.4 Å². The monoisotopic (exact) mass is 370 g/mol. The molecule has 1 atom stereocenters. The number of benzene rings is 1. The van der Waals surface area contributed by atoms with Gasteiger partial charge in [-0.3, -0.25) is 4.79 Å². The summed E-state index contributed by atoms with van der Waals surface area (Å²) in [6.07, 6.45) is -8.80. The van der Waals surface area contributed by atoms with E-state index >= 15 is 0 Å². The van der Waals surface area contributed by atoms with Crippen molar-refractivity contribution in [1.82, 2.24) is 4.90 Å². The number of nitrogens with zero attached hydrogens (tertiary/aromatic N) is 1. The number of rotatable bonds is 3. The number of nitrogen functional groups attached to an aromatic ring is 1. The summed E-state index contributed by atoms with van der Waals surface area (Å²) in [4.78, 5) is 13.0. The standard InChI is InChI=1S/C15H16F6N2O2/c16-14(17,18)9-2-1-5-23(7-9)13(24)8-25-10-3-4-11(12(22)6-10)15(19,20)21/h3-4,6,9H,1-2,5,7-8,22H2. The maximum Gasteiger partial charge on any atom is 0.418 e. The van der Waals surface area contributed by atoms with Gasteiger partial charge in [-0.05, 0) is 25.0 Å². The van der Waals surface area contributed by atoms with E-state index in [1.807, 2.05) is 0 Å². The molecule has 0 aliphatic carbocycles. The Morgan fingerprint density at radius 2 is 1.92 bits per heavy atom. The highest BCUT2D eigenvalue weighted by Crippen LogP contribution is 2.35. The quantitative estimate of drug-likeness (QED) is 0.655. The number of alkyl halides is 6. The number of likely N-dealkylation sites (tertiary alicyclic amines) is 1. The Bertz CT molecular complexity index is 629. The number of amides is 1. The van der Waals surface area contributed by atoms with E-state index in [4.69, 9.17) is 10.5 Å². The predicted molar refractivity (Wildman–Crippen MR) is 76.7 cm³/mol. The maximum absolute atomic E-state index is 12.7. The van der Waals surface area contributed by atoms with Gasteiger partial charge in [0.1, 0.15) is 5.75 Å². The van der Waals surface area contributed by atoms with Crippen LogP contribution in [-0.2, 0) is 11.0 Å². The molecule has 1 unspecified atom stereocenters. The Morgan fingerprint density at radius 3 is 2.48 bits per heavy atom. The van der Waals surface area contributed by atoms with E-state index in [9.17, 15) is 31.1 Å². The van der Waals surface area contributed by atoms with Gasteiger partial charge in [-0.25, -0.2) is 0 Å². The molecule has 1 aliphatic rings. The number of nitrogens with two attached hydrogens (primary N) is 1. The van der Waals surface area contributed by atoms with Crippen LogP contribution >= 0.6 is 0 Å². The minimum Gasteiger partial charge on any atom is -0.484 e. The lowest BCUT2D eigenvalue weighted by molar-refractivity contribution is -0.188. The molecule has 1 fully saturated rings. The van der Waals surface area contributed by atoms with Crippen LogP contribution < -0.4 is 10.5 Å². The number of ether oxygens (including phenoxy) is 1. The zero-order chi connectivity index (χ0) is 18.8. The lowest BCUT2D eigenvalue weighted by Crippen LogP contribution is -2.46. The molecule has 0 aromatic heterocycles. The number of hydrogen-bond acceptors (Lipinski definition) is 3. The summed E-state index contributed by atoms with van der Waals surface area (Å²) in [6.45, 7) is -0.833. The van der Waals surface area contributed by atoms with Gasteiger partial charge in [-0.1, -0.05) is 0 Å². The third-order valence-electron chi connectivity index (χ3n) is 3.93. The molecule has 1 aromatic carbocycles. The highest BCUT2D eigenvalue weighted by molar-refractivity contribution is 5.78. The van der Waals surface area contributed by atoms with Crippen molar-refractivity contribution in [3.8, 4) is 5.75 Å². The smallest absolute Gasteiger partial charge is 0.418 e. The SMILES string of the molecule is Nc1cc(OCC(=O)N2CCCC(C(F)(F)F)C2)ccc1C(F)(F)F. The number of carbonyl (C=O) groups is 1.